The van der Waals surface area contributed by atoms with Crippen LogP contribution in [0.5, 0.6) is 0 Å². The van der Waals surface area contributed by atoms with E-state index in [-0.39, 0.29) is 12.5 Å². The summed E-state index contributed by atoms with van der Waals surface area (Å²) in [7, 11) is -7.01. The first-order valence-corrected chi connectivity index (χ1v) is 4.69. The lowest BCUT2D eigenvalue weighted by molar-refractivity contribution is -0.444. The molecule has 0 aromatic heterocycles. The molecule has 0 aliphatic heterocycles. The van der Waals surface area contributed by atoms with Crippen LogP contribution in [0.25, 0.3) is 0 Å². The van der Waals surface area contributed by atoms with Crippen molar-refractivity contribution in [2.75, 3.05) is 12.5 Å². The molecule has 0 aliphatic carbocycles. The summed E-state index contributed by atoms with van der Waals surface area (Å²) in [6.07, 6.45) is -0.146. The van der Waals surface area contributed by atoms with Crippen molar-refractivity contribution in [3.63, 3.8) is 0 Å². The van der Waals surface area contributed by atoms with Gasteiger partial charge in [-0.05, 0) is 0 Å². The minimum atomic E-state index is -7.01. The molecule has 7 heteroatoms. The van der Waals surface area contributed by atoms with Crippen LogP contribution in [-0.4, -0.2) is 17.8 Å². The van der Waals surface area contributed by atoms with Gasteiger partial charge in [-0.2, -0.15) is 0 Å². The van der Waals surface area contributed by atoms with Crippen molar-refractivity contribution >= 4 is 9.73 Å². The van der Waals surface area contributed by atoms with Gasteiger partial charge in [0.05, 0.1) is 0 Å². The Hall–Kier alpha value is 0.0200. The Bertz CT molecular complexity index is 111. The fourth-order valence-corrected chi connectivity index (χ4v) is 0.286. The maximum absolute atomic E-state index is 12.0. The average molecular weight is 168 g/mol. The first kappa shape index (κ1) is 9.02. The van der Waals surface area contributed by atoms with Gasteiger partial charge >= 0.3 is 0 Å². The van der Waals surface area contributed by atoms with E-state index in [1.807, 2.05) is 0 Å². The van der Waals surface area contributed by atoms with Crippen LogP contribution in [0.3, 0.4) is 0 Å². The van der Waals surface area contributed by atoms with Gasteiger partial charge in [-0.3, -0.25) is 0 Å². The summed E-state index contributed by atoms with van der Waals surface area (Å²) in [4.78, 5) is 0. The molecule has 3 nitrogen and oxygen atoms in total. The highest BCUT2D eigenvalue weighted by Crippen LogP contribution is 2.90. The lowest BCUT2D eigenvalue weighted by Gasteiger charge is -2.46. The van der Waals surface area contributed by atoms with Gasteiger partial charge in [-0.25, -0.2) is 5.26 Å². The lowest BCUT2D eigenvalue weighted by atomic mass is 11.9. The summed E-state index contributed by atoms with van der Waals surface area (Å²) in [5.74, 6) is 0. The molecule has 60 valence electrons. The van der Waals surface area contributed by atoms with Crippen molar-refractivity contribution in [2.24, 2.45) is 0 Å². The third kappa shape index (κ3) is 8.02. The second-order valence-corrected chi connectivity index (χ2v) is 6.37. The number of hydrogen-bond donors (Lipinski definition) is 1. The standard InChI is InChI=1S/C2H7F3O3S/c1-9(2,3,4,5)8-7-6/h6H,1-2H3. The largest absolute Gasteiger partial charge is 0.220 e. The summed E-state index contributed by atoms with van der Waals surface area (Å²) >= 11 is 0. The van der Waals surface area contributed by atoms with Gasteiger partial charge in [-0.15, -0.1) is 11.7 Å². The van der Waals surface area contributed by atoms with Crippen molar-refractivity contribution in [2.45, 2.75) is 0 Å². The molecule has 0 aromatic rings. The van der Waals surface area contributed by atoms with E-state index in [9.17, 15) is 11.7 Å². The summed E-state index contributed by atoms with van der Waals surface area (Å²) in [5.41, 5.74) is 0. The fourth-order valence-electron chi connectivity index (χ4n) is 0.0954. The first-order chi connectivity index (χ1) is 3.54. The zero-order chi connectivity index (χ0) is 7.82. The third-order valence-corrected chi connectivity index (χ3v) is 0.731. The maximum atomic E-state index is 12.0. The fraction of sp³-hybridized carbons (Fsp3) is 1.00. The number of halogens is 3. The van der Waals surface area contributed by atoms with E-state index in [1.54, 1.807) is 0 Å². The summed E-state index contributed by atoms with van der Waals surface area (Å²) < 4.78 is 38.9. The van der Waals surface area contributed by atoms with Crippen molar-refractivity contribution < 1.29 is 26.3 Å². The molecular weight excluding hydrogens is 161 g/mol. The quantitative estimate of drug-likeness (QED) is 0.507. The predicted molar refractivity (Wildman–Crippen MR) is 27.6 cm³/mol. The molecule has 0 heterocycles. The Morgan fingerprint density at radius 2 is 1.56 bits per heavy atom. The minimum Gasteiger partial charge on any atom is -0.220 e. The SMILES string of the molecule is CS(C)(F)(F)(F)OOO. The normalized spacial score (nSPS) is 20.7. The average Bonchev–Trinajstić information content (AvgIpc) is 1.22. The summed E-state index contributed by atoms with van der Waals surface area (Å²) in [5, 5.41) is 9.86. The molecular formula is C2H7F3O3S. The molecule has 0 atom stereocenters. The van der Waals surface area contributed by atoms with Crippen molar-refractivity contribution in [3.05, 3.63) is 0 Å². The van der Waals surface area contributed by atoms with E-state index < -0.39 is 9.73 Å². The van der Waals surface area contributed by atoms with Gasteiger partial charge in [0.15, 0.2) is 9.73 Å². The molecule has 0 rings (SSSR count). The predicted octanol–water partition coefficient (Wildman–Crippen LogP) is 2.11. The van der Waals surface area contributed by atoms with E-state index >= 15 is 0 Å². The molecule has 0 bridgehead atoms. The minimum absolute atomic E-state index is 0.0732. The Balaban J connectivity index is 4.34. The molecule has 0 saturated carbocycles. The molecule has 0 amide bonds. The van der Waals surface area contributed by atoms with Crippen LogP contribution >= 0.6 is 9.73 Å². The topological polar surface area (TPSA) is 38.7 Å². The molecule has 0 radical (unpaired) electrons. The lowest BCUT2D eigenvalue weighted by Crippen LogP contribution is -2.18. The highest BCUT2D eigenvalue weighted by atomic mass is 32.4. The summed E-state index contributed by atoms with van der Waals surface area (Å²) in [6, 6.07) is 0. The van der Waals surface area contributed by atoms with Crippen LogP contribution in [0.2, 0.25) is 0 Å². The molecule has 9 heavy (non-hydrogen) atoms. The van der Waals surface area contributed by atoms with Gasteiger partial charge in [0, 0.05) is 12.5 Å². The highest BCUT2D eigenvalue weighted by molar-refractivity contribution is 8.49. The molecule has 0 aromatic carbocycles. The third-order valence-electron chi connectivity index (χ3n) is 0.244. The van der Waals surface area contributed by atoms with E-state index in [2.05, 4.69) is 9.37 Å². The van der Waals surface area contributed by atoms with Crippen LogP contribution in [0.15, 0.2) is 0 Å². The van der Waals surface area contributed by atoms with Crippen LogP contribution < -0.4 is 0 Å². The Morgan fingerprint density at radius 1 is 1.22 bits per heavy atom. The van der Waals surface area contributed by atoms with E-state index in [1.165, 1.54) is 0 Å². The van der Waals surface area contributed by atoms with Gasteiger partial charge in [0.1, 0.15) is 0 Å². The van der Waals surface area contributed by atoms with Crippen molar-refractivity contribution in [1.29, 1.82) is 0 Å². The van der Waals surface area contributed by atoms with E-state index in [0.29, 0.717) is 0 Å². The molecule has 0 saturated heterocycles. The Labute approximate surface area is 49.6 Å². The molecule has 0 fully saturated rings. The molecule has 0 spiro atoms. The van der Waals surface area contributed by atoms with E-state index in [4.69, 9.17) is 5.26 Å². The van der Waals surface area contributed by atoms with Crippen molar-refractivity contribution in [1.82, 2.24) is 0 Å². The number of hydrogen-bond acceptors (Lipinski definition) is 3. The van der Waals surface area contributed by atoms with Gasteiger partial charge in [-0.1, -0.05) is 9.37 Å². The number of rotatable bonds is 2. The Kier molecular flexibility index (Phi) is 1.37. The zero-order valence-electron chi connectivity index (χ0n) is 4.81. The Morgan fingerprint density at radius 3 is 1.56 bits per heavy atom. The monoisotopic (exact) mass is 168 g/mol. The van der Waals surface area contributed by atoms with E-state index in [0.717, 1.165) is 0 Å². The second kappa shape index (κ2) is 1.36. The van der Waals surface area contributed by atoms with Crippen LogP contribution in [0, 0.1) is 0 Å². The maximum Gasteiger partial charge on any atom is 0.154 e. The summed E-state index contributed by atoms with van der Waals surface area (Å²) in [6.45, 7) is 0. The van der Waals surface area contributed by atoms with Gasteiger partial charge in [0.2, 0.25) is 0 Å². The van der Waals surface area contributed by atoms with Gasteiger partial charge < -0.3 is 0 Å². The molecule has 1 N–H and O–H groups in total. The molecule has 0 aliphatic rings. The molecule has 0 unspecified atom stereocenters. The van der Waals surface area contributed by atoms with Crippen molar-refractivity contribution in [3.8, 4) is 0 Å². The second-order valence-electron chi connectivity index (χ2n) is 2.17. The van der Waals surface area contributed by atoms with Gasteiger partial charge in [0.25, 0.3) is 0 Å². The highest BCUT2D eigenvalue weighted by Gasteiger charge is 2.54. The van der Waals surface area contributed by atoms with Crippen LogP contribution in [-0.2, 0) is 9.37 Å². The first-order valence-electron chi connectivity index (χ1n) is 1.80. The van der Waals surface area contributed by atoms with Crippen LogP contribution in [0.4, 0.5) is 11.7 Å². The van der Waals surface area contributed by atoms with Crippen LogP contribution in [0.1, 0.15) is 0 Å². The zero-order valence-corrected chi connectivity index (χ0v) is 5.62. The smallest absolute Gasteiger partial charge is 0.154 e.